The van der Waals surface area contributed by atoms with E-state index in [1.165, 1.54) is 12.8 Å². The van der Waals surface area contributed by atoms with Crippen LogP contribution in [0.2, 0.25) is 0 Å². The Morgan fingerprint density at radius 1 is 1.67 bits per heavy atom. The molecule has 0 aromatic carbocycles. The zero-order valence-corrected chi connectivity index (χ0v) is 11.0. The lowest BCUT2D eigenvalue weighted by Gasteiger charge is -2.22. The van der Waals surface area contributed by atoms with Crippen molar-refractivity contribution in [2.24, 2.45) is 5.92 Å². The highest BCUT2D eigenvalue weighted by Gasteiger charge is 2.16. The molecule has 5 heteroatoms. The van der Waals surface area contributed by atoms with Crippen molar-refractivity contribution < 1.29 is 4.79 Å². The van der Waals surface area contributed by atoms with E-state index in [9.17, 15) is 4.79 Å². The van der Waals surface area contributed by atoms with Gasteiger partial charge in [-0.2, -0.15) is 5.10 Å². The largest absolute Gasteiger partial charge is 0.354 e. The van der Waals surface area contributed by atoms with Gasteiger partial charge in [0.1, 0.15) is 0 Å². The fourth-order valence-corrected chi connectivity index (χ4v) is 2.33. The van der Waals surface area contributed by atoms with Crippen molar-refractivity contribution in [3.63, 3.8) is 0 Å². The van der Waals surface area contributed by atoms with Crippen molar-refractivity contribution in [3.8, 4) is 0 Å². The molecular weight excluding hydrogens is 228 g/mol. The third kappa shape index (κ3) is 4.14. The highest BCUT2D eigenvalue weighted by atomic mass is 16.1. The Hall–Kier alpha value is -1.36. The minimum absolute atomic E-state index is 0.160. The Morgan fingerprint density at radius 3 is 3.22 bits per heavy atom. The lowest BCUT2D eigenvalue weighted by atomic mass is 9.96. The van der Waals surface area contributed by atoms with E-state index >= 15 is 0 Å². The van der Waals surface area contributed by atoms with Crippen molar-refractivity contribution in [3.05, 3.63) is 18.0 Å². The molecule has 1 aromatic rings. The van der Waals surface area contributed by atoms with Crippen LogP contribution in [-0.2, 0) is 11.3 Å². The van der Waals surface area contributed by atoms with E-state index in [0.717, 1.165) is 25.2 Å². The number of rotatable bonds is 5. The third-order valence-electron chi connectivity index (χ3n) is 3.30. The first-order chi connectivity index (χ1) is 8.74. The van der Waals surface area contributed by atoms with Gasteiger partial charge in [0.25, 0.3) is 0 Å². The number of amides is 1. The maximum Gasteiger partial charge on any atom is 0.220 e. The summed E-state index contributed by atoms with van der Waals surface area (Å²) in [5.41, 5.74) is 1.15. The molecule has 18 heavy (non-hydrogen) atoms. The standard InChI is InChI=1S/C13H22N4O/c1-11-8-16-17(10-11)6-5-15-13(18)7-12-3-2-4-14-9-12/h8,10,12,14H,2-7,9H2,1H3,(H,15,18). The number of nitrogens with one attached hydrogen (secondary N) is 2. The van der Waals surface area contributed by atoms with Crippen LogP contribution in [0.4, 0.5) is 0 Å². The second-order valence-corrected chi connectivity index (χ2v) is 5.05. The number of nitrogens with zero attached hydrogens (tertiary/aromatic N) is 2. The first-order valence-electron chi connectivity index (χ1n) is 6.70. The van der Waals surface area contributed by atoms with Crippen molar-refractivity contribution in [1.29, 1.82) is 0 Å². The van der Waals surface area contributed by atoms with Gasteiger partial charge < -0.3 is 10.6 Å². The Morgan fingerprint density at radius 2 is 2.56 bits per heavy atom. The summed E-state index contributed by atoms with van der Waals surface area (Å²) in [7, 11) is 0. The highest BCUT2D eigenvalue weighted by Crippen LogP contribution is 2.13. The second kappa shape index (κ2) is 6.54. The molecule has 0 bridgehead atoms. The van der Waals surface area contributed by atoms with E-state index in [-0.39, 0.29) is 5.91 Å². The molecule has 1 saturated heterocycles. The van der Waals surface area contributed by atoms with Gasteiger partial charge in [-0.15, -0.1) is 0 Å². The minimum Gasteiger partial charge on any atom is -0.354 e. The molecule has 2 rings (SSSR count). The van der Waals surface area contributed by atoms with Crippen molar-refractivity contribution in [2.45, 2.75) is 32.7 Å². The normalized spacial score (nSPS) is 19.7. The van der Waals surface area contributed by atoms with Crippen LogP contribution in [0, 0.1) is 12.8 Å². The van der Waals surface area contributed by atoms with Crippen LogP contribution in [0.15, 0.2) is 12.4 Å². The quantitative estimate of drug-likeness (QED) is 0.808. The highest BCUT2D eigenvalue weighted by molar-refractivity contribution is 5.76. The van der Waals surface area contributed by atoms with Gasteiger partial charge >= 0.3 is 0 Å². The molecule has 100 valence electrons. The Bertz CT molecular complexity index is 382. The van der Waals surface area contributed by atoms with Gasteiger partial charge in [0.05, 0.1) is 12.7 Å². The first-order valence-corrected chi connectivity index (χ1v) is 6.70. The van der Waals surface area contributed by atoms with Crippen LogP contribution in [-0.4, -0.2) is 35.3 Å². The molecule has 0 spiro atoms. The summed E-state index contributed by atoms with van der Waals surface area (Å²) >= 11 is 0. The lowest BCUT2D eigenvalue weighted by Crippen LogP contribution is -2.35. The maximum absolute atomic E-state index is 11.7. The molecule has 0 radical (unpaired) electrons. The monoisotopic (exact) mass is 250 g/mol. The lowest BCUT2D eigenvalue weighted by molar-refractivity contribution is -0.122. The second-order valence-electron chi connectivity index (χ2n) is 5.05. The SMILES string of the molecule is Cc1cnn(CCNC(=O)CC2CCCNC2)c1. The molecule has 1 atom stereocenters. The summed E-state index contributed by atoms with van der Waals surface area (Å²) in [5.74, 6) is 0.665. The summed E-state index contributed by atoms with van der Waals surface area (Å²) in [6, 6.07) is 0. The first kappa shape index (κ1) is 13.1. The number of hydrogen-bond donors (Lipinski definition) is 2. The average molecular weight is 250 g/mol. The number of carbonyl (C=O) groups is 1. The molecule has 1 aliphatic rings. The van der Waals surface area contributed by atoms with Crippen molar-refractivity contribution in [1.82, 2.24) is 20.4 Å². The minimum atomic E-state index is 0.160. The molecule has 1 amide bonds. The van der Waals surface area contributed by atoms with Gasteiger partial charge in [-0.1, -0.05) is 0 Å². The fourth-order valence-electron chi connectivity index (χ4n) is 2.33. The van der Waals surface area contributed by atoms with Crippen LogP contribution in [0.5, 0.6) is 0 Å². The molecule has 0 aliphatic carbocycles. The third-order valence-corrected chi connectivity index (χ3v) is 3.30. The summed E-state index contributed by atoms with van der Waals surface area (Å²) in [6.07, 6.45) is 6.81. The number of aromatic nitrogens is 2. The molecule has 1 aliphatic heterocycles. The number of aryl methyl sites for hydroxylation is 1. The molecule has 1 unspecified atom stereocenters. The van der Waals surface area contributed by atoms with Crippen LogP contribution in [0.3, 0.4) is 0 Å². The van der Waals surface area contributed by atoms with E-state index in [1.54, 1.807) is 0 Å². The van der Waals surface area contributed by atoms with Crippen LogP contribution >= 0.6 is 0 Å². The Labute approximate surface area is 108 Å². The Kier molecular flexibility index (Phi) is 4.75. The van der Waals surface area contributed by atoms with Gasteiger partial charge in [-0.25, -0.2) is 0 Å². The van der Waals surface area contributed by atoms with Gasteiger partial charge in [-0.05, 0) is 44.3 Å². The topological polar surface area (TPSA) is 59.0 Å². The Balaban J connectivity index is 1.62. The molecular formula is C13H22N4O. The van der Waals surface area contributed by atoms with Crippen molar-refractivity contribution in [2.75, 3.05) is 19.6 Å². The number of carbonyl (C=O) groups excluding carboxylic acids is 1. The van der Waals surface area contributed by atoms with E-state index in [2.05, 4.69) is 15.7 Å². The van der Waals surface area contributed by atoms with E-state index in [1.807, 2.05) is 24.0 Å². The van der Waals surface area contributed by atoms with Crippen LogP contribution in [0.25, 0.3) is 0 Å². The van der Waals surface area contributed by atoms with Gasteiger partial charge in [0.2, 0.25) is 5.91 Å². The maximum atomic E-state index is 11.7. The fraction of sp³-hybridized carbons (Fsp3) is 0.692. The van der Waals surface area contributed by atoms with E-state index < -0.39 is 0 Å². The molecule has 5 nitrogen and oxygen atoms in total. The smallest absolute Gasteiger partial charge is 0.220 e. The number of hydrogen-bond acceptors (Lipinski definition) is 3. The predicted molar refractivity (Wildman–Crippen MR) is 70.2 cm³/mol. The zero-order valence-electron chi connectivity index (χ0n) is 11.0. The predicted octanol–water partition coefficient (Wildman–Crippen LogP) is 0.697. The summed E-state index contributed by atoms with van der Waals surface area (Å²) in [5, 5.41) is 10.5. The van der Waals surface area contributed by atoms with Crippen LogP contribution < -0.4 is 10.6 Å². The van der Waals surface area contributed by atoms with Gasteiger partial charge in [0, 0.05) is 19.2 Å². The molecule has 0 saturated carbocycles. The molecule has 1 aromatic heterocycles. The average Bonchev–Trinajstić information content (AvgIpc) is 2.76. The van der Waals surface area contributed by atoms with Crippen LogP contribution in [0.1, 0.15) is 24.8 Å². The molecule has 2 heterocycles. The summed E-state index contributed by atoms with van der Waals surface area (Å²) < 4.78 is 1.86. The molecule has 1 fully saturated rings. The van der Waals surface area contributed by atoms with Crippen molar-refractivity contribution >= 4 is 5.91 Å². The van der Waals surface area contributed by atoms with Gasteiger partial charge in [-0.3, -0.25) is 9.48 Å². The van der Waals surface area contributed by atoms with E-state index in [0.29, 0.717) is 18.9 Å². The summed E-state index contributed by atoms with van der Waals surface area (Å²) in [4.78, 5) is 11.7. The molecule has 2 N–H and O–H groups in total. The number of piperidine rings is 1. The van der Waals surface area contributed by atoms with E-state index in [4.69, 9.17) is 0 Å². The summed E-state index contributed by atoms with van der Waals surface area (Å²) in [6.45, 7) is 5.48. The zero-order chi connectivity index (χ0) is 12.8. The van der Waals surface area contributed by atoms with Gasteiger partial charge in [0.15, 0.2) is 0 Å².